The normalized spacial score (nSPS) is 19.9. The summed E-state index contributed by atoms with van der Waals surface area (Å²) >= 11 is 0. The Hall–Kier alpha value is -0.930. The lowest BCUT2D eigenvalue weighted by Crippen LogP contribution is -2.34. The van der Waals surface area contributed by atoms with E-state index in [9.17, 15) is 0 Å². The number of rotatable bonds is 3. The second kappa shape index (κ2) is 6.12. The molecule has 1 aromatic rings. The highest BCUT2D eigenvalue weighted by Gasteiger charge is 2.24. The predicted molar refractivity (Wildman–Crippen MR) is 70.2 cm³/mol. The third-order valence-corrected chi connectivity index (χ3v) is 3.97. The predicted octanol–water partition coefficient (Wildman–Crippen LogP) is 2.86. The Bertz CT molecular complexity index is 343. The molecule has 3 N–H and O–H groups in total. The fourth-order valence-corrected chi connectivity index (χ4v) is 2.93. The molecule has 1 aromatic heterocycles. The van der Waals surface area contributed by atoms with E-state index in [1.54, 1.807) is 0 Å². The summed E-state index contributed by atoms with van der Waals surface area (Å²) in [6.07, 6.45) is 11.8. The molecule has 1 saturated carbocycles. The number of pyridine rings is 1. The highest BCUT2D eigenvalue weighted by atomic mass is 15.2. The SMILES string of the molecule is Cc1ccncc1C(NN)C1CCCCCC1. The zero-order valence-corrected chi connectivity index (χ0v) is 10.7. The molecule has 0 spiro atoms. The van der Waals surface area contributed by atoms with Crippen molar-refractivity contribution in [3.05, 3.63) is 29.6 Å². The van der Waals surface area contributed by atoms with Gasteiger partial charge in [0.05, 0.1) is 6.04 Å². The Morgan fingerprint density at radius 3 is 2.59 bits per heavy atom. The van der Waals surface area contributed by atoms with Crippen LogP contribution in [0.15, 0.2) is 18.5 Å². The van der Waals surface area contributed by atoms with Crippen molar-refractivity contribution < 1.29 is 0 Å². The van der Waals surface area contributed by atoms with Crippen molar-refractivity contribution in [3.8, 4) is 0 Å². The van der Waals surface area contributed by atoms with E-state index in [0.29, 0.717) is 5.92 Å². The van der Waals surface area contributed by atoms with Gasteiger partial charge in [0.15, 0.2) is 0 Å². The molecule has 3 heteroatoms. The monoisotopic (exact) mass is 233 g/mol. The Morgan fingerprint density at radius 1 is 1.29 bits per heavy atom. The van der Waals surface area contributed by atoms with Crippen LogP contribution in [-0.4, -0.2) is 4.98 Å². The van der Waals surface area contributed by atoms with Crippen LogP contribution >= 0.6 is 0 Å². The summed E-state index contributed by atoms with van der Waals surface area (Å²) in [7, 11) is 0. The lowest BCUT2D eigenvalue weighted by atomic mass is 9.86. The molecule has 0 aliphatic heterocycles. The molecule has 3 nitrogen and oxygen atoms in total. The smallest absolute Gasteiger partial charge is 0.0506 e. The molecule has 1 atom stereocenters. The Labute approximate surface area is 104 Å². The second-order valence-electron chi connectivity index (χ2n) is 5.13. The fraction of sp³-hybridized carbons (Fsp3) is 0.643. The van der Waals surface area contributed by atoms with E-state index >= 15 is 0 Å². The summed E-state index contributed by atoms with van der Waals surface area (Å²) in [5.74, 6) is 6.44. The first-order valence-electron chi connectivity index (χ1n) is 6.69. The summed E-state index contributed by atoms with van der Waals surface area (Å²) in [6, 6.07) is 2.33. The van der Waals surface area contributed by atoms with Crippen LogP contribution in [0, 0.1) is 12.8 Å². The van der Waals surface area contributed by atoms with E-state index in [-0.39, 0.29) is 6.04 Å². The van der Waals surface area contributed by atoms with Gasteiger partial charge in [0, 0.05) is 12.4 Å². The van der Waals surface area contributed by atoms with Gasteiger partial charge >= 0.3 is 0 Å². The minimum Gasteiger partial charge on any atom is -0.271 e. The summed E-state index contributed by atoms with van der Waals surface area (Å²) in [6.45, 7) is 2.14. The number of hydrogen-bond donors (Lipinski definition) is 2. The van der Waals surface area contributed by atoms with Gasteiger partial charge < -0.3 is 0 Å². The van der Waals surface area contributed by atoms with Crippen LogP contribution in [0.5, 0.6) is 0 Å². The van der Waals surface area contributed by atoms with Crippen LogP contribution < -0.4 is 11.3 Å². The first kappa shape index (κ1) is 12.5. The van der Waals surface area contributed by atoms with Crippen molar-refractivity contribution >= 4 is 0 Å². The van der Waals surface area contributed by atoms with Gasteiger partial charge in [0.25, 0.3) is 0 Å². The number of aryl methyl sites for hydroxylation is 1. The molecular formula is C14H23N3. The molecule has 0 amide bonds. The summed E-state index contributed by atoms with van der Waals surface area (Å²) in [5.41, 5.74) is 5.57. The number of hydrazine groups is 1. The van der Waals surface area contributed by atoms with Crippen molar-refractivity contribution in [2.45, 2.75) is 51.5 Å². The van der Waals surface area contributed by atoms with Crippen molar-refractivity contribution in [2.24, 2.45) is 11.8 Å². The minimum atomic E-state index is 0.266. The van der Waals surface area contributed by atoms with Crippen LogP contribution in [0.1, 0.15) is 55.7 Å². The molecule has 1 fully saturated rings. The van der Waals surface area contributed by atoms with E-state index < -0.39 is 0 Å². The molecular weight excluding hydrogens is 210 g/mol. The van der Waals surface area contributed by atoms with Crippen LogP contribution in [0.4, 0.5) is 0 Å². The molecule has 0 saturated heterocycles. The Kier molecular flexibility index (Phi) is 4.51. The second-order valence-corrected chi connectivity index (χ2v) is 5.13. The van der Waals surface area contributed by atoms with Gasteiger partial charge in [0.2, 0.25) is 0 Å². The molecule has 0 bridgehead atoms. The summed E-state index contributed by atoms with van der Waals surface area (Å²) < 4.78 is 0. The van der Waals surface area contributed by atoms with E-state index in [4.69, 9.17) is 5.84 Å². The molecule has 0 aromatic carbocycles. The van der Waals surface area contributed by atoms with Crippen molar-refractivity contribution in [1.82, 2.24) is 10.4 Å². The lowest BCUT2D eigenvalue weighted by molar-refractivity contribution is 0.327. The minimum absolute atomic E-state index is 0.266. The zero-order valence-electron chi connectivity index (χ0n) is 10.7. The van der Waals surface area contributed by atoms with E-state index in [0.717, 1.165) is 0 Å². The van der Waals surface area contributed by atoms with Gasteiger partial charge in [-0.3, -0.25) is 16.3 Å². The molecule has 1 aliphatic carbocycles. The van der Waals surface area contributed by atoms with E-state index in [2.05, 4.69) is 23.4 Å². The number of nitrogens with one attached hydrogen (secondary N) is 1. The molecule has 2 rings (SSSR count). The largest absolute Gasteiger partial charge is 0.271 e. The molecule has 17 heavy (non-hydrogen) atoms. The van der Waals surface area contributed by atoms with Crippen LogP contribution in [0.3, 0.4) is 0 Å². The van der Waals surface area contributed by atoms with Crippen molar-refractivity contribution in [2.75, 3.05) is 0 Å². The molecule has 1 aliphatic rings. The maximum Gasteiger partial charge on any atom is 0.0506 e. The Balaban J connectivity index is 2.17. The van der Waals surface area contributed by atoms with Gasteiger partial charge in [-0.2, -0.15) is 0 Å². The third kappa shape index (κ3) is 3.05. The maximum absolute atomic E-state index is 5.78. The van der Waals surface area contributed by atoms with Gasteiger partial charge in [-0.05, 0) is 42.9 Å². The van der Waals surface area contributed by atoms with Gasteiger partial charge in [-0.1, -0.05) is 25.7 Å². The quantitative estimate of drug-likeness (QED) is 0.479. The summed E-state index contributed by atoms with van der Waals surface area (Å²) in [5, 5.41) is 0. The van der Waals surface area contributed by atoms with Crippen molar-refractivity contribution in [3.63, 3.8) is 0 Å². The molecule has 1 heterocycles. The zero-order chi connectivity index (χ0) is 12.1. The number of aromatic nitrogens is 1. The van der Waals surface area contributed by atoms with Crippen LogP contribution in [-0.2, 0) is 0 Å². The molecule has 1 unspecified atom stereocenters. The van der Waals surface area contributed by atoms with E-state index in [1.165, 1.54) is 49.7 Å². The molecule has 94 valence electrons. The topological polar surface area (TPSA) is 50.9 Å². The fourth-order valence-electron chi connectivity index (χ4n) is 2.93. The number of nitrogens with zero attached hydrogens (tertiary/aromatic N) is 1. The lowest BCUT2D eigenvalue weighted by Gasteiger charge is -2.26. The van der Waals surface area contributed by atoms with Crippen molar-refractivity contribution in [1.29, 1.82) is 0 Å². The number of hydrogen-bond acceptors (Lipinski definition) is 3. The van der Waals surface area contributed by atoms with Gasteiger partial charge in [0.1, 0.15) is 0 Å². The van der Waals surface area contributed by atoms with Gasteiger partial charge in [-0.25, -0.2) is 0 Å². The highest BCUT2D eigenvalue weighted by molar-refractivity contribution is 5.25. The van der Waals surface area contributed by atoms with E-state index in [1.807, 2.05) is 12.4 Å². The Morgan fingerprint density at radius 2 is 2.00 bits per heavy atom. The average Bonchev–Trinajstić information content (AvgIpc) is 2.62. The van der Waals surface area contributed by atoms with Gasteiger partial charge in [-0.15, -0.1) is 0 Å². The standard InChI is InChI=1S/C14H23N3/c1-11-8-9-16-10-13(11)14(17-15)12-6-4-2-3-5-7-12/h8-10,12,14,17H,2-7,15H2,1H3. The molecule has 0 radical (unpaired) electrons. The third-order valence-electron chi connectivity index (χ3n) is 3.97. The van der Waals surface area contributed by atoms with Crippen LogP contribution in [0.25, 0.3) is 0 Å². The first-order valence-corrected chi connectivity index (χ1v) is 6.69. The average molecular weight is 233 g/mol. The first-order chi connectivity index (χ1) is 8.33. The van der Waals surface area contributed by atoms with Crippen LogP contribution in [0.2, 0.25) is 0 Å². The highest BCUT2D eigenvalue weighted by Crippen LogP contribution is 2.33. The number of nitrogens with two attached hydrogens (primary N) is 1. The summed E-state index contributed by atoms with van der Waals surface area (Å²) in [4.78, 5) is 4.24. The maximum atomic E-state index is 5.78.